The molecule has 0 radical (unpaired) electrons. The molecule has 11 heteroatoms. The minimum atomic E-state index is -3.88. The van der Waals surface area contributed by atoms with Crippen molar-refractivity contribution in [2.75, 3.05) is 24.2 Å². The van der Waals surface area contributed by atoms with Crippen LogP contribution in [0, 0.1) is 5.82 Å². The molecule has 1 N–H and O–H groups in total. The van der Waals surface area contributed by atoms with E-state index in [1.807, 2.05) is 0 Å². The van der Waals surface area contributed by atoms with Crippen molar-refractivity contribution in [1.29, 1.82) is 0 Å². The third kappa shape index (κ3) is 6.57. The molecule has 0 aliphatic heterocycles. The highest BCUT2D eigenvalue weighted by molar-refractivity contribution is 7.92. The normalized spacial score (nSPS) is 12.2. The van der Waals surface area contributed by atoms with E-state index in [4.69, 9.17) is 23.2 Å². The Morgan fingerprint density at radius 1 is 1.09 bits per heavy atom. The summed E-state index contributed by atoms with van der Waals surface area (Å²) in [5, 5.41) is 3.15. The Kier molecular flexibility index (Phi) is 8.89. The highest BCUT2D eigenvalue weighted by Crippen LogP contribution is 2.25. The van der Waals surface area contributed by atoms with Gasteiger partial charge in [-0.1, -0.05) is 36.2 Å². The van der Waals surface area contributed by atoms with Crippen LogP contribution in [0.25, 0.3) is 0 Å². The number of rotatable bonds is 9. The molecule has 7 nitrogen and oxygen atoms in total. The van der Waals surface area contributed by atoms with Crippen LogP contribution in [0.1, 0.15) is 18.9 Å². The molecule has 1 atom stereocenters. The van der Waals surface area contributed by atoms with Gasteiger partial charge in [0, 0.05) is 13.6 Å². The zero-order chi connectivity index (χ0) is 24.1. The molecular formula is C21H24Cl2FN3O4S. The van der Waals surface area contributed by atoms with E-state index in [2.05, 4.69) is 5.32 Å². The Bertz CT molecular complexity index is 1080. The van der Waals surface area contributed by atoms with Crippen molar-refractivity contribution in [3.63, 3.8) is 0 Å². The number of benzene rings is 2. The third-order valence-corrected chi connectivity index (χ3v) is 6.64. The first-order chi connectivity index (χ1) is 15.0. The van der Waals surface area contributed by atoms with Gasteiger partial charge in [-0.15, -0.1) is 0 Å². The lowest BCUT2D eigenvalue weighted by molar-refractivity contribution is -0.140. The number of sulfonamides is 1. The smallest absolute Gasteiger partial charge is 0.244 e. The molecule has 2 aromatic carbocycles. The van der Waals surface area contributed by atoms with Gasteiger partial charge < -0.3 is 10.2 Å². The molecule has 1 unspecified atom stereocenters. The number of likely N-dealkylation sites (N-methyl/N-ethyl adjacent to an activating group) is 1. The lowest BCUT2D eigenvalue weighted by Gasteiger charge is -2.32. The van der Waals surface area contributed by atoms with Gasteiger partial charge in [-0.05, 0) is 48.4 Å². The predicted octanol–water partition coefficient (Wildman–Crippen LogP) is 3.45. The van der Waals surface area contributed by atoms with Crippen molar-refractivity contribution >= 4 is 50.7 Å². The average molecular weight is 504 g/mol. The van der Waals surface area contributed by atoms with Crippen molar-refractivity contribution in [2.24, 2.45) is 0 Å². The highest BCUT2D eigenvalue weighted by Gasteiger charge is 2.31. The lowest BCUT2D eigenvalue weighted by atomic mass is 10.1. The Morgan fingerprint density at radius 3 is 2.22 bits per heavy atom. The summed E-state index contributed by atoms with van der Waals surface area (Å²) >= 11 is 12.0. The number of nitrogens with zero attached hydrogens (tertiary/aromatic N) is 2. The zero-order valence-corrected chi connectivity index (χ0v) is 20.1. The minimum Gasteiger partial charge on any atom is -0.357 e. The van der Waals surface area contributed by atoms with E-state index in [-0.39, 0.29) is 17.3 Å². The summed E-state index contributed by atoms with van der Waals surface area (Å²) < 4.78 is 39.0. The second kappa shape index (κ2) is 11.0. The minimum absolute atomic E-state index is 0.00265. The fraction of sp³-hybridized carbons (Fsp3) is 0.333. The maximum atomic E-state index is 13.3. The molecule has 0 bridgehead atoms. The Balaban J connectivity index is 2.43. The first kappa shape index (κ1) is 25.9. The standard InChI is InChI=1S/C21H24Cl2FN3O4S/c1-4-19(21(29)25-2)26(12-14-5-10-17(22)18(23)11-14)20(28)13-27(32(3,30)31)16-8-6-15(24)7-9-16/h5-11,19H,4,12-13H2,1-3H3,(H,25,29). The molecule has 174 valence electrons. The number of carbonyl (C=O) groups excluding carboxylic acids is 2. The van der Waals surface area contributed by atoms with Crippen LogP contribution in [-0.2, 0) is 26.2 Å². The van der Waals surface area contributed by atoms with Crippen molar-refractivity contribution in [3.8, 4) is 0 Å². The SMILES string of the molecule is CCC(C(=O)NC)N(Cc1ccc(Cl)c(Cl)c1)C(=O)CN(c1ccc(F)cc1)S(C)(=O)=O. The van der Waals surface area contributed by atoms with Gasteiger partial charge in [0.05, 0.1) is 22.0 Å². The summed E-state index contributed by atoms with van der Waals surface area (Å²) in [5.41, 5.74) is 0.743. The van der Waals surface area contributed by atoms with Gasteiger partial charge in [0.15, 0.2) is 0 Å². The molecule has 2 amide bonds. The van der Waals surface area contributed by atoms with Crippen LogP contribution >= 0.6 is 23.2 Å². The van der Waals surface area contributed by atoms with Crippen LogP contribution in [0.3, 0.4) is 0 Å². The number of amides is 2. The second-order valence-corrected chi connectivity index (χ2v) is 9.78. The number of nitrogens with one attached hydrogen (secondary N) is 1. The second-order valence-electron chi connectivity index (χ2n) is 7.05. The van der Waals surface area contributed by atoms with E-state index in [0.717, 1.165) is 22.7 Å². The number of hydrogen-bond donors (Lipinski definition) is 1. The largest absolute Gasteiger partial charge is 0.357 e. The Hall–Kier alpha value is -2.36. The van der Waals surface area contributed by atoms with E-state index in [0.29, 0.717) is 17.0 Å². The molecule has 2 aromatic rings. The molecule has 0 spiro atoms. The Labute approximate surface area is 197 Å². The molecule has 0 aromatic heterocycles. The summed E-state index contributed by atoms with van der Waals surface area (Å²) in [6.45, 7) is 1.17. The number of anilines is 1. The molecule has 0 saturated carbocycles. The van der Waals surface area contributed by atoms with Crippen LogP contribution in [0.15, 0.2) is 42.5 Å². The summed E-state index contributed by atoms with van der Waals surface area (Å²) in [7, 11) is -2.43. The van der Waals surface area contributed by atoms with Gasteiger partial charge in [-0.25, -0.2) is 12.8 Å². The van der Waals surface area contributed by atoms with Gasteiger partial charge in [0.1, 0.15) is 18.4 Å². The van der Waals surface area contributed by atoms with Crippen molar-refractivity contribution < 1.29 is 22.4 Å². The number of carbonyl (C=O) groups is 2. The molecule has 0 heterocycles. The first-order valence-corrected chi connectivity index (χ1v) is 12.3. The van der Waals surface area contributed by atoms with Crippen LogP contribution in [0.4, 0.5) is 10.1 Å². The van der Waals surface area contributed by atoms with Gasteiger partial charge in [0.2, 0.25) is 21.8 Å². The van der Waals surface area contributed by atoms with Gasteiger partial charge in [-0.3, -0.25) is 13.9 Å². The van der Waals surface area contributed by atoms with Crippen molar-refractivity contribution in [2.45, 2.75) is 25.9 Å². The topological polar surface area (TPSA) is 86.8 Å². The molecule has 0 fully saturated rings. The molecule has 0 saturated heterocycles. The van der Waals surface area contributed by atoms with E-state index in [9.17, 15) is 22.4 Å². The highest BCUT2D eigenvalue weighted by atomic mass is 35.5. The van der Waals surface area contributed by atoms with Crippen LogP contribution in [-0.4, -0.2) is 51.0 Å². The Morgan fingerprint density at radius 2 is 1.72 bits per heavy atom. The van der Waals surface area contributed by atoms with Crippen LogP contribution in [0.5, 0.6) is 0 Å². The summed E-state index contributed by atoms with van der Waals surface area (Å²) in [5.74, 6) is -1.55. The third-order valence-electron chi connectivity index (χ3n) is 4.76. The first-order valence-electron chi connectivity index (χ1n) is 9.66. The number of halogens is 3. The van der Waals surface area contributed by atoms with E-state index < -0.39 is 40.2 Å². The molecule has 2 rings (SSSR count). The van der Waals surface area contributed by atoms with E-state index in [1.54, 1.807) is 25.1 Å². The van der Waals surface area contributed by atoms with E-state index >= 15 is 0 Å². The monoisotopic (exact) mass is 503 g/mol. The maximum Gasteiger partial charge on any atom is 0.244 e. The molecule has 32 heavy (non-hydrogen) atoms. The molecule has 0 aliphatic rings. The zero-order valence-electron chi connectivity index (χ0n) is 17.8. The fourth-order valence-corrected chi connectivity index (χ4v) is 4.31. The van der Waals surface area contributed by atoms with Gasteiger partial charge in [-0.2, -0.15) is 0 Å². The van der Waals surface area contributed by atoms with Gasteiger partial charge >= 0.3 is 0 Å². The number of hydrogen-bond acceptors (Lipinski definition) is 4. The average Bonchev–Trinajstić information content (AvgIpc) is 2.74. The molecular weight excluding hydrogens is 480 g/mol. The summed E-state index contributed by atoms with van der Waals surface area (Å²) in [6, 6.07) is 8.71. The fourth-order valence-electron chi connectivity index (χ4n) is 3.14. The molecule has 0 aliphatic carbocycles. The maximum absolute atomic E-state index is 13.3. The summed E-state index contributed by atoms with van der Waals surface area (Å²) in [6.07, 6.45) is 1.24. The van der Waals surface area contributed by atoms with Crippen molar-refractivity contribution in [3.05, 3.63) is 63.9 Å². The summed E-state index contributed by atoms with van der Waals surface area (Å²) in [4.78, 5) is 27.1. The quantitative estimate of drug-likeness (QED) is 0.567. The van der Waals surface area contributed by atoms with Gasteiger partial charge in [0.25, 0.3) is 0 Å². The predicted molar refractivity (Wildman–Crippen MR) is 124 cm³/mol. The van der Waals surface area contributed by atoms with Crippen LogP contribution in [0.2, 0.25) is 10.0 Å². The van der Waals surface area contributed by atoms with Crippen molar-refractivity contribution in [1.82, 2.24) is 10.2 Å². The lowest BCUT2D eigenvalue weighted by Crippen LogP contribution is -2.51. The van der Waals surface area contributed by atoms with E-state index in [1.165, 1.54) is 24.1 Å². The van der Waals surface area contributed by atoms with Crippen LogP contribution < -0.4 is 9.62 Å².